The van der Waals surface area contributed by atoms with E-state index in [2.05, 4.69) is 308 Å². The molecule has 0 bridgehead atoms. The van der Waals surface area contributed by atoms with Crippen molar-refractivity contribution in [2.75, 3.05) is 14.7 Å². The van der Waals surface area contributed by atoms with Gasteiger partial charge in [0.1, 0.15) is 0 Å². The van der Waals surface area contributed by atoms with Crippen molar-refractivity contribution in [2.24, 2.45) is 0 Å². The van der Waals surface area contributed by atoms with Crippen molar-refractivity contribution in [2.45, 2.75) is 145 Å². The van der Waals surface area contributed by atoms with Crippen LogP contribution in [-0.2, 0) is 27.1 Å². The first-order valence-electron chi connectivity index (χ1n) is 29.4. The lowest BCUT2D eigenvalue weighted by Gasteiger charge is -2.45. The van der Waals surface area contributed by atoms with E-state index in [1.165, 1.54) is 115 Å². The fraction of sp³-hybridized carbons (Fsp3) is 0.289. The fourth-order valence-corrected chi connectivity index (χ4v) is 14.0. The van der Waals surface area contributed by atoms with Crippen molar-refractivity contribution in [3.05, 3.63) is 215 Å². The van der Waals surface area contributed by atoms with Gasteiger partial charge in [0.2, 0.25) is 0 Å². The predicted molar refractivity (Wildman–Crippen MR) is 356 cm³/mol. The number of benzene rings is 9. The van der Waals surface area contributed by atoms with Gasteiger partial charge < -0.3 is 14.7 Å². The van der Waals surface area contributed by atoms with Crippen LogP contribution in [0.4, 0.5) is 51.2 Å². The minimum atomic E-state index is -0.120. The predicted octanol–water partition coefficient (Wildman–Crippen LogP) is 20.4. The van der Waals surface area contributed by atoms with Gasteiger partial charge in [0.25, 0.3) is 6.71 Å². The Morgan fingerprint density at radius 1 is 0.383 bits per heavy atom. The Balaban J connectivity index is 1.26. The van der Waals surface area contributed by atoms with Crippen molar-refractivity contribution in [1.82, 2.24) is 0 Å². The standard InChI is InChI=1S/C76H80BN3S/c1-47-40-48(2)42-49(41-47)50-43-63-69-64(44-50)80(59-37-28-54(29-38-59)75(12,13)14)65-46-66(78(56-31-22-51(23-32-56)72(3,4)5)57-33-24-52(25-34-57)73(6,7)8)71-68(60-20-18-19-21-67(60)81-71)70(65)77(69)61-45-55(76(15,16)17)30-39-62(61)79(63)58-35-26-53(27-36-58)74(9,10)11/h18-46H,1-17H3. The van der Waals surface area contributed by atoms with Gasteiger partial charge in [0.15, 0.2) is 0 Å². The van der Waals surface area contributed by atoms with Crippen LogP contribution in [0, 0.1) is 13.8 Å². The lowest BCUT2D eigenvalue weighted by Crippen LogP contribution is -2.61. The highest BCUT2D eigenvalue weighted by Gasteiger charge is 2.46. The SMILES string of the molecule is Cc1cc(C)cc(-c2cc3c4c(c2)N(c2ccc(C(C)(C)C)cc2)c2cc(N(c5ccc(C(C)(C)C)cc5)c5ccc(C(C)(C)C)cc5)c5sc6ccccc6c5c2B4c2cc(C(C)(C)C)ccc2N3c2ccc(C(C)(C)C)cc2)c1. The van der Waals surface area contributed by atoms with Crippen LogP contribution in [0.5, 0.6) is 0 Å². The van der Waals surface area contributed by atoms with Crippen LogP contribution in [0.3, 0.4) is 0 Å². The molecule has 5 heteroatoms. The lowest BCUT2D eigenvalue weighted by atomic mass is 9.32. The molecule has 408 valence electrons. The van der Waals surface area contributed by atoms with Gasteiger partial charge in [-0.15, -0.1) is 11.3 Å². The molecule has 3 heterocycles. The molecule has 3 nitrogen and oxygen atoms in total. The highest BCUT2D eigenvalue weighted by atomic mass is 32.1. The van der Waals surface area contributed by atoms with E-state index in [0.717, 1.165) is 22.7 Å². The van der Waals surface area contributed by atoms with Gasteiger partial charge >= 0.3 is 0 Å². The van der Waals surface area contributed by atoms with E-state index in [4.69, 9.17) is 0 Å². The Labute approximate surface area is 488 Å². The third kappa shape index (κ3) is 9.58. The van der Waals surface area contributed by atoms with Crippen molar-refractivity contribution < 1.29 is 0 Å². The summed E-state index contributed by atoms with van der Waals surface area (Å²) < 4.78 is 2.56. The number of thiophene rings is 1. The zero-order chi connectivity index (χ0) is 57.5. The minimum absolute atomic E-state index is 0.00214. The van der Waals surface area contributed by atoms with Crippen molar-refractivity contribution in [3.63, 3.8) is 0 Å². The van der Waals surface area contributed by atoms with E-state index in [9.17, 15) is 0 Å². The number of hydrogen-bond donors (Lipinski definition) is 0. The first kappa shape index (κ1) is 54.3. The molecular formula is C76H80BN3S. The molecule has 12 rings (SSSR count). The molecule has 1 aromatic heterocycles. The molecule has 81 heavy (non-hydrogen) atoms. The van der Waals surface area contributed by atoms with E-state index < -0.39 is 0 Å². The molecule has 0 spiro atoms. The molecule has 0 saturated heterocycles. The van der Waals surface area contributed by atoms with Crippen molar-refractivity contribution in [3.8, 4) is 11.1 Å². The average Bonchev–Trinajstić information content (AvgIpc) is 4.07. The number of rotatable bonds is 6. The van der Waals surface area contributed by atoms with Crippen LogP contribution in [0.2, 0.25) is 0 Å². The molecule has 2 aliphatic rings. The maximum atomic E-state index is 2.65. The third-order valence-electron chi connectivity index (χ3n) is 17.3. The van der Waals surface area contributed by atoms with Crippen molar-refractivity contribution in [1.29, 1.82) is 0 Å². The zero-order valence-electron chi connectivity index (χ0n) is 51.1. The summed E-state index contributed by atoms with van der Waals surface area (Å²) in [5.41, 5.74) is 26.0. The normalized spacial score (nSPS) is 13.7. The Bertz CT molecular complexity index is 3990. The van der Waals surface area contributed by atoms with Crippen LogP contribution in [0.1, 0.15) is 143 Å². The topological polar surface area (TPSA) is 9.72 Å². The molecule has 10 aromatic rings. The van der Waals surface area contributed by atoms with Crippen LogP contribution >= 0.6 is 11.3 Å². The summed E-state index contributed by atoms with van der Waals surface area (Å²) in [4.78, 5) is 7.81. The summed E-state index contributed by atoms with van der Waals surface area (Å²) in [6.45, 7) is 39.2. The molecule has 0 amide bonds. The Kier molecular flexibility index (Phi) is 12.8. The number of fused-ring (bicyclic) bond motifs is 8. The van der Waals surface area contributed by atoms with Crippen LogP contribution in [0.15, 0.2) is 176 Å². The summed E-state index contributed by atoms with van der Waals surface area (Å²) in [5.74, 6) is 0. The van der Waals surface area contributed by atoms with Gasteiger partial charge in [-0.2, -0.15) is 0 Å². The second-order valence-electron chi connectivity index (χ2n) is 28.6. The number of anilines is 9. The minimum Gasteiger partial charge on any atom is -0.311 e. The molecule has 0 saturated carbocycles. The van der Waals surface area contributed by atoms with Crippen LogP contribution in [-0.4, -0.2) is 6.71 Å². The van der Waals surface area contributed by atoms with Gasteiger partial charge in [-0.25, -0.2) is 0 Å². The highest BCUT2D eigenvalue weighted by Crippen LogP contribution is 2.53. The van der Waals surface area contributed by atoms with Crippen molar-refractivity contribution >= 4 is 106 Å². The Morgan fingerprint density at radius 3 is 1.26 bits per heavy atom. The maximum absolute atomic E-state index is 2.65. The van der Waals surface area contributed by atoms with E-state index >= 15 is 0 Å². The van der Waals surface area contributed by atoms with Gasteiger partial charge in [-0.1, -0.05) is 212 Å². The quantitative estimate of drug-likeness (QED) is 0.154. The second kappa shape index (κ2) is 19.1. The Morgan fingerprint density at radius 2 is 0.790 bits per heavy atom. The second-order valence-corrected chi connectivity index (χ2v) is 29.6. The average molecular weight is 1080 g/mol. The molecule has 0 N–H and O–H groups in total. The van der Waals surface area contributed by atoms with E-state index in [0.29, 0.717) is 0 Å². The third-order valence-corrected chi connectivity index (χ3v) is 18.5. The van der Waals surface area contributed by atoms with Gasteiger partial charge in [0.05, 0.1) is 10.4 Å². The largest absolute Gasteiger partial charge is 0.311 e. The van der Waals surface area contributed by atoms with Crippen LogP contribution < -0.4 is 31.1 Å². The number of hydrogen-bond acceptors (Lipinski definition) is 4. The van der Waals surface area contributed by atoms with Crippen LogP contribution in [0.25, 0.3) is 31.3 Å². The molecule has 0 unspecified atom stereocenters. The molecule has 0 aliphatic carbocycles. The first-order valence-corrected chi connectivity index (χ1v) is 30.2. The molecule has 2 aliphatic heterocycles. The van der Waals surface area contributed by atoms with E-state index in [1.807, 2.05) is 11.3 Å². The van der Waals surface area contributed by atoms with Gasteiger partial charge in [-0.05, 0) is 186 Å². The molecule has 0 fully saturated rings. The summed E-state index contributed by atoms with van der Waals surface area (Å²) in [6, 6.07) is 69.0. The smallest absolute Gasteiger partial charge is 0.253 e. The van der Waals surface area contributed by atoms with Gasteiger partial charge in [0, 0.05) is 50.2 Å². The number of nitrogens with zero attached hydrogens (tertiary/aromatic N) is 3. The summed E-state index contributed by atoms with van der Waals surface area (Å²) in [5, 5.41) is 2.60. The molecule has 9 aromatic carbocycles. The monoisotopic (exact) mass is 1080 g/mol. The lowest BCUT2D eigenvalue weighted by molar-refractivity contribution is 0.590. The Hall–Kier alpha value is -7.34. The number of aryl methyl sites for hydroxylation is 2. The van der Waals surface area contributed by atoms with E-state index in [-0.39, 0.29) is 33.8 Å². The molecule has 0 atom stereocenters. The van der Waals surface area contributed by atoms with Gasteiger partial charge in [-0.3, -0.25) is 0 Å². The molecular weight excluding hydrogens is 998 g/mol. The summed E-state index contributed by atoms with van der Waals surface area (Å²) in [7, 11) is 0. The zero-order valence-corrected chi connectivity index (χ0v) is 51.9. The summed E-state index contributed by atoms with van der Waals surface area (Å²) in [6.07, 6.45) is 0. The fourth-order valence-electron chi connectivity index (χ4n) is 12.7. The first-order chi connectivity index (χ1) is 38.1. The summed E-state index contributed by atoms with van der Waals surface area (Å²) >= 11 is 1.93. The molecule has 0 radical (unpaired) electrons. The highest BCUT2D eigenvalue weighted by molar-refractivity contribution is 7.27. The van der Waals surface area contributed by atoms with E-state index in [1.54, 1.807) is 0 Å². The maximum Gasteiger partial charge on any atom is 0.253 e.